The van der Waals surface area contributed by atoms with Gasteiger partial charge in [0.1, 0.15) is 17.3 Å². The largest absolute Gasteiger partial charge is 0.466 e. The van der Waals surface area contributed by atoms with E-state index in [9.17, 15) is 4.79 Å². The Hall–Kier alpha value is -2.04. The molecule has 1 atom stereocenters. The zero-order chi connectivity index (χ0) is 15.0. The molecule has 0 saturated heterocycles. The number of furan rings is 1. The van der Waals surface area contributed by atoms with Crippen molar-refractivity contribution in [2.75, 3.05) is 13.6 Å². The van der Waals surface area contributed by atoms with E-state index in [0.717, 1.165) is 37.5 Å². The number of carbonyl (C=O) groups excluding carboxylic acids is 1. The van der Waals surface area contributed by atoms with Crippen molar-refractivity contribution in [3.05, 3.63) is 41.4 Å². The fourth-order valence-electron chi connectivity index (χ4n) is 3.11. The Balaban J connectivity index is 1.65. The lowest BCUT2D eigenvalue weighted by molar-refractivity contribution is 0.0759. The summed E-state index contributed by atoms with van der Waals surface area (Å²) in [5.41, 5.74) is 0.675. The van der Waals surface area contributed by atoms with Crippen LogP contribution in [0.4, 0.5) is 0 Å². The first-order chi connectivity index (χ1) is 10.0. The molecule has 0 bridgehead atoms. The molecule has 0 saturated carbocycles. The summed E-state index contributed by atoms with van der Waals surface area (Å²) < 4.78 is 7.65. The highest BCUT2D eigenvalue weighted by molar-refractivity contribution is 5.95. The molecule has 0 aliphatic carbocycles. The number of aryl methyl sites for hydroxylation is 3. The van der Waals surface area contributed by atoms with Crippen molar-refractivity contribution in [3.8, 4) is 0 Å². The molecule has 3 rings (SSSR count). The molecule has 1 amide bonds. The van der Waals surface area contributed by atoms with Gasteiger partial charge in [-0.2, -0.15) is 0 Å². The van der Waals surface area contributed by atoms with Crippen molar-refractivity contribution in [3.63, 3.8) is 0 Å². The quantitative estimate of drug-likeness (QED) is 0.871. The van der Waals surface area contributed by atoms with Gasteiger partial charge in [-0.1, -0.05) is 0 Å². The predicted molar refractivity (Wildman–Crippen MR) is 79.2 cm³/mol. The summed E-state index contributed by atoms with van der Waals surface area (Å²) in [6.07, 6.45) is 5.94. The third-order valence-corrected chi connectivity index (χ3v) is 4.18. The molecule has 2 aromatic heterocycles. The summed E-state index contributed by atoms with van der Waals surface area (Å²) >= 11 is 0. The normalized spacial score (nSPS) is 17.6. The Morgan fingerprint density at radius 3 is 3.05 bits per heavy atom. The van der Waals surface area contributed by atoms with Gasteiger partial charge in [-0.05, 0) is 32.3 Å². The first-order valence-corrected chi connectivity index (χ1v) is 7.37. The molecule has 0 aromatic carbocycles. The van der Waals surface area contributed by atoms with Gasteiger partial charge in [0, 0.05) is 39.0 Å². The van der Waals surface area contributed by atoms with E-state index in [4.69, 9.17) is 4.42 Å². The molecule has 1 aliphatic heterocycles. The number of hydrogen-bond donors (Lipinski definition) is 0. The first kappa shape index (κ1) is 13.9. The summed E-state index contributed by atoms with van der Waals surface area (Å²) in [6, 6.07) is 1.82. The monoisotopic (exact) mass is 287 g/mol. The lowest BCUT2D eigenvalue weighted by Gasteiger charge is -2.28. The highest BCUT2D eigenvalue weighted by Crippen LogP contribution is 2.21. The van der Waals surface area contributed by atoms with Crippen LogP contribution in [0.1, 0.15) is 34.1 Å². The van der Waals surface area contributed by atoms with Crippen molar-refractivity contribution in [2.24, 2.45) is 5.92 Å². The van der Waals surface area contributed by atoms with Crippen LogP contribution in [-0.4, -0.2) is 34.0 Å². The smallest absolute Gasteiger partial charge is 0.257 e. The fraction of sp³-hybridized carbons (Fsp3) is 0.500. The van der Waals surface area contributed by atoms with Crippen LogP contribution in [0, 0.1) is 19.8 Å². The van der Waals surface area contributed by atoms with Gasteiger partial charge in [0.15, 0.2) is 0 Å². The minimum atomic E-state index is 0.0424. The Morgan fingerprint density at radius 2 is 2.33 bits per heavy atom. The number of fused-ring (bicyclic) bond motifs is 1. The number of amides is 1. The topological polar surface area (TPSA) is 51.3 Å². The second kappa shape index (κ2) is 5.39. The van der Waals surface area contributed by atoms with Crippen LogP contribution in [0.25, 0.3) is 0 Å². The standard InChI is InChI=1S/C16H21N3O2/c1-11-8-14(12(2)21-11)16(20)18(3)9-13-4-5-15-17-6-7-19(15)10-13/h6-8,13H,4-5,9-10H2,1-3H3. The van der Waals surface area contributed by atoms with Gasteiger partial charge in [-0.15, -0.1) is 0 Å². The van der Waals surface area contributed by atoms with E-state index in [1.165, 1.54) is 0 Å². The summed E-state index contributed by atoms with van der Waals surface area (Å²) in [6.45, 7) is 5.41. The molecule has 0 radical (unpaired) electrons. The summed E-state index contributed by atoms with van der Waals surface area (Å²) in [7, 11) is 1.87. The summed E-state index contributed by atoms with van der Waals surface area (Å²) in [5, 5.41) is 0. The van der Waals surface area contributed by atoms with E-state index in [-0.39, 0.29) is 5.91 Å². The number of imidazole rings is 1. The fourth-order valence-corrected chi connectivity index (χ4v) is 3.11. The maximum Gasteiger partial charge on any atom is 0.257 e. The van der Waals surface area contributed by atoms with Crippen LogP contribution in [-0.2, 0) is 13.0 Å². The lowest BCUT2D eigenvalue weighted by atomic mass is 9.98. The Bertz CT molecular complexity index is 656. The van der Waals surface area contributed by atoms with Gasteiger partial charge in [0.25, 0.3) is 5.91 Å². The van der Waals surface area contributed by atoms with Crippen molar-refractivity contribution >= 4 is 5.91 Å². The average molecular weight is 287 g/mol. The predicted octanol–water partition coefficient (Wildman–Crippen LogP) is 2.43. The molecule has 5 nitrogen and oxygen atoms in total. The average Bonchev–Trinajstić information content (AvgIpc) is 3.03. The number of hydrogen-bond acceptors (Lipinski definition) is 3. The molecule has 112 valence electrons. The first-order valence-electron chi connectivity index (χ1n) is 7.37. The van der Waals surface area contributed by atoms with Crippen molar-refractivity contribution in [1.29, 1.82) is 0 Å². The highest BCUT2D eigenvalue weighted by Gasteiger charge is 2.24. The van der Waals surface area contributed by atoms with Gasteiger partial charge < -0.3 is 13.9 Å². The molecule has 0 spiro atoms. The Morgan fingerprint density at radius 1 is 1.52 bits per heavy atom. The SMILES string of the molecule is Cc1cc(C(=O)N(C)CC2CCc3nccn3C2)c(C)o1. The number of aromatic nitrogens is 2. The summed E-state index contributed by atoms with van der Waals surface area (Å²) in [4.78, 5) is 18.6. The molecule has 1 unspecified atom stereocenters. The molecule has 0 N–H and O–H groups in total. The second-order valence-corrected chi connectivity index (χ2v) is 5.91. The maximum absolute atomic E-state index is 12.5. The van der Waals surface area contributed by atoms with Gasteiger partial charge in [-0.3, -0.25) is 4.79 Å². The third-order valence-electron chi connectivity index (χ3n) is 4.18. The van der Waals surface area contributed by atoms with E-state index < -0.39 is 0 Å². The maximum atomic E-state index is 12.5. The van der Waals surface area contributed by atoms with Crippen LogP contribution >= 0.6 is 0 Å². The molecule has 21 heavy (non-hydrogen) atoms. The molecule has 5 heteroatoms. The minimum Gasteiger partial charge on any atom is -0.466 e. The van der Waals surface area contributed by atoms with Crippen LogP contribution in [0.2, 0.25) is 0 Å². The van der Waals surface area contributed by atoms with Crippen molar-refractivity contribution in [2.45, 2.75) is 33.2 Å². The van der Waals surface area contributed by atoms with Crippen LogP contribution in [0.3, 0.4) is 0 Å². The van der Waals surface area contributed by atoms with Gasteiger partial charge >= 0.3 is 0 Å². The van der Waals surface area contributed by atoms with Crippen LogP contribution < -0.4 is 0 Å². The molecule has 3 heterocycles. The van der Waals surface area contributed by atoms with Gasteiger partial charge in [0.2, 0.25) is 0 Å². The Labute approximate surface area is 124 Å². The van der Waals surface area contributed by atoms with E-state index in [1.54, 1.807) is 0 Å². The lowest BCUT2D eigenvalue weighted by Crippen LogP contribution is -2.35. The van der Waals surface area contributed by atoms with Gasteiger partial charge in [-0.25, -0.2) is 4.98 Å². The molecule has 2 aromatic rings. The molecular formula is C16H21N3O2. The van der Waals surface area contributed by atoms with Crippen molar-refractivity contribution < 1.29 is 9.21 Å². The van der Waals surface area contributed by atoms with Crippen LogP contribution in [0.5, 0.6) is 0 Å². The van der Waals surface area contributed by atoms with E-state index in [1.807, 2.05) is 44.3 Å². The molecular weight excluding hydrogens is 266 g/mol. The van der Waals surface area contributed by atoms with Crippen molar-refractivity contribution in [1.82, 2.24) is 14.5 Å². The Kier molecular flexibility index (Phi) is 3.57. The molecule has 0 fully saturated rings. The number of nitrogens with zero attached hydrogens (tertiary/aromatic N) is 3. The molecule has 1 aliphatic rings. The summed E-state index contributed by atoms with van der Waals surface area (Å²) in [5.74, 6) is 3.16. The van der Waals surface area contributed by atoms with E-state index in [2.05, 4.69) is 9.55 Å². The minimum absolute atomic E-state index is 0.0424. The second-order valence-electron chi connectivity index (χ2n) is 5.91. The zero-order valence-electron chi connectivity index (χ0n) is 12.8. The number of carbonyl (C=O) groups is 1. The van der Waals surface area contributed by atoms with Crippen LogP contribution in [0.15, 0.2) is 22.9 Å². The zero-order valence-corrected chi connectivity index (χ0v) is 12.8. The van der Waals surface area contributed by atoms with Gasteiger partial charge in [0.05, 0.1) is 5.56 Å². The number of rotatable bonds is 3. The van der Waals surface area contributed by atoms with E-state index >= 15 is 0 Å². The van der Waals surface area contributed by atoms with E-state index in [0.29, 0.717) is 17.2 Å². The third kappa shape index (κ3) is 2.73. The highest BCUT2D eigenvalue weighted by atomic mass is 16.3.